The highest BCUT2D eigenvalue weighted by Gasteiger charge is 2.29. The molecule has 2 rings (SSSR count). The largest absolute Gasteiger partial charge is 0.344 e. The molecule has 1 amide bonds. The molecular formula is C10H18N2O. The van der Waals surface area contributed by atoms with Crippen molar-refractivity contribution < 1.29 is 4.79 Å². The van der Waals surface area contributed by atoms with Crippen LogP contribution in [0.1, 0.15) is 25.7 Å². The van der Waals surface area contributed by atoms with E-state index in [2.05, 4.69) is 5.32 Å². The quantitative estimate of drug-likeness (QED) is 0.693. The maximum Gasteiger partial charge on any atom is 0.225 e. The van der Waals surface area contributed by atoms with Crippen LogP contribution in [-0.4, -0.2) is 37.0 Å². The van der Waals surface area contributed by atoms with Gasteiger partial charge in [0.1, 0.15) is 0 Å². The van der Waals surface area contributed by atoms with E-state index >= 15 is 0 Å². The molecule has 0 radical (unpaired) electrons. The Bertz CT molecular complexity index is 197. The van der Waals surface area contributed by atoms with Gasteiger partial charge in [0.2, 0.25) is 5.91 Å². The lowest BCUT2D eigenvalue weighted by atomic mass is 9.84. The Morgan fingerprint density at radius 2 is 2.15 bits per heavy atom. The highest BCUT2D eigenvalue weighted by atomic mass is 16.2. The van der Waals surface area contributed by atoms with Crippen LogP contribution in [-0.2, 0) is 4.79 Å². The maximum atomic E-state index is 11.7. The fraction of sp³-hybridized carbons (Fsp3) is 0.900. The van der Waals surface area contributed by atoms with Crippen molar-refractivity contribution in [1.82, 2.24) is 10.2 Å². The summed E-state index contributed by atoms with van der Waals surface area (Å²) in [6.45, 7) is 2.02. The van der Waals surface area contributed by atoms with Gasteiger partial charge in [-0.3, -0.25) is 4.79 Å². The molecule has 2 fully saturated rings. The molecule has 1 atom stereocenters. The molecule has 0 aromatic heterocycles. The first kappa shape index (κ1) is 9.00. The van der Waals surface area contributed by atoms with E-state index < -0.39 is 0 Å². The van der Waals surface area contributed by atoms with E-state index in [1.54, 1.807) is 0 Å². The Hall–Kier alpha value is -0.570. The normalized spacial score (nSPS) is 27.6. The van der Waals surface area contributed by atoms with Gasteiger partial charge in [-0.15, -0.1) is 0 Å². The smallest absolute Gasteiger partial charge is 0.225 e. The molecule has 74 valence electrons. The number of amides is 1. The summed E-state index contributed by atoms with van der Waals surface area (Å²) < 4.78 is 0. The van der Waals surface area contributed by atoms with Gasteiger partial charge in [-0.25, -0.2) is 0 Å². The number of nitrogens with one attached hydrogen (secondary N) is 1. The van der Waals surface area contributed by atoms with E-state index in [4.69, 9.17) is 0 Å². The van der Waals surface area contributed by atoms with E-state index in [1.807, 2.05) is 11.9 Å². The molecule has 3 nitrogen and oxygen atoms in total. The minimum Gasteiger partial charge on any atom is -0.344 e. The van der Waals surface area contributed by atoms with Crippen molar-refractivity contribution in [3.05, 3.63) is 0 Å². The van der Waals surface area contributed by atoms with E-state index in [0.29, 0.717) is 17.9 Å². The molecule has 0 bridgehead atoms. The lowest BCUT2D eigenvalue weighted by Crippen LogP contribution is -2.51. The molecule has 1 unspecified atom stereocenters. The van der Waals surface area contributed by atoms with Crippen LogP contribution in [0.2, 0.25) is 0 Å². The monoisotopic (exact) mass is 182 g/mol. The van der Waals surface area contributed by atoms with Crippen molar-refractivity contribution in [3.8, 4) is 0 Å². The third-order valence-electron chi connectivity index (χ3n) is 3.25. The summed E-state index contributed by atoms with van der Waals surface area (Å²) in [5.74, 6) is 0.713. The molecule has 0 aromatic carbocycles. The summed E-state index contributed by atoms with van der Waals surface area (Å²) in [7, 11) is 1.93. The fourth-order valence-electron chi connectivity index (χ4n) is 1.89. The second-order valence-electron chi connectivity index (χ2n) is 4.29. The van der Waals surface area contributed by atoms with Crippen LogP contribution in [0.3, 0.4) is 0 Å². The average molecular weight is 182 g/mol. The molecule has 3 heteroatoms. The number of carbonyl (C=O) groups excluding carboxylic acids is 1. The van der Waals surface area contributed by atoms with Crippen LogP contribution in [0.5, 0.6) is 0 Å². The minimum atomic E-state index is 0.352. The predicted octanol–water partition coefficient (Wildman–Crippen LogP) is 0.607. The highest BCUT2D eigenvalue weighted by Crippen LogP contribution is 2.28. The van der Waals surface area contributed by atoms with Crippen molar-refractivity contribution in [2.24, 2.45) is 5.92 Å². The number of rotatable bonds is 3. The third kappa shape index (κ3) is 1.85. The molecular weight excluding hydrogens is 164 g/mol. The van der Waals surface area contributed by atoms with Gasteiger partial charge in [0, 0.05) is 25.6 Å². The summed E-state index contributed by atoms with van der Waals surface area (Å²) in [4.78, 5) is 13.6. The second kappa shape index (κ2) is 3.66. The van der Waals surface area contributed by atoms with Crippen molar-refractivity contribution in [2.75, 3.05) is 20.1 Å². The summed E-state index contributed by atoms with van der Waals surface area (Å²) >= 11 is 0. The average Bonchev–Trinajstić information content (AvgIpc) is 1.92. The first-order valence-electron chi connectivity index (χ1n) is 5.26. The summed E-state index contributed by atoms with van der Waals surface area (Å²) in [6, 6.07) is 0.564. The topological polar surface area (TPSA) is 32.3 Å². The second-order valence-corrected chi connectivity index (χ2v) is 4.29. The summed E-state index contributed by atoms with van der Waals surface area (Å²) in [5, 5.41) is 3.31. The van der Waals surface area contributed by atoms with Gasteiger partial charge >= 0.3 is 0 Å². The van der Waals surface area contributed by atoms with Crippen LogP contribution in [0.15, 0.2) is 0 Å². The molecule has 1 saturated heterocycles. The molecule has 2 aliphatic rings. The number of likely N-dealkylation sites (N-methyl/N-ethyl adjacent to an activating group) is 1. The number of carbonyl (C=O) groups is 1. The molecule has 1 heterocycles. The zero-order valence-corrected chi connectivity index (χ0v) is 8.25. The van der Waals surface area contributed by atoms with Gasteiger partial charge in [0.15, 0.2) is 0 Å². The van der Waals surface area contributed by atoms with Crippen LogP contribution < -0.4 is 5.32 Å². The Kier molecular flexibility index (Phi) is 2.54. The molecule has 1 saturated carbocycles. The molecule has 1 aliphatic heterocycles. The van der Waals surface area contributed by atoms with E-state index in [9.17, 15) is 4.79 Å². The Morgan fingerprint density at radius 3 is 2.54 bits per heavy atom. The van der Waals surface area contributed by atoms with Crippen molar-refractivity contribution in [3.63, 3.8) is 0 Å². The molecule has 1 aliphatic carbocycles. The van der Waals surface area contributed by atoms with Gasteiger partial charge in [-0.1, -0.05) is 6.42 Å². The summed E-state index contributed by atoms with van der Waals surface area (Å²) in [5.41, 5.74) is 0. The fourth-order valence-corrected chi connectivity index (χ4v) is 1.89. The first-order valence-corrected chi connectivity index (χ1v) is 5.26. The number of nitrogens with zero attached hydrogens (tertiary/aromatic N) is 1. The number of hydrogen-bond acceptors (Lipinski definition) is 2. The zero-order chi connectivity index (χ0) is 9.26. The first-order chi connectivity index (χ1) is 6.27. The number of hydrogen-bond donors (Lipinski definition) is 1. The lowest BCUT2D eigenvalue weighted by molar-refractivity contribution is -0.137. The van der Waals surface area contributed by atoms with Crippen molar-refractivity contribution in [2.45, 2.75) is 31.7 Å². The molecule has 0 spiro atoms. The van der Waals surface area contributed by atoms with E-state index in [-0.39, 0.29) is 0 Å². The Balaban J connectivity index is 1.74. The minimum absolute atomic E-state index is 0.352. The lowest BCUT2D eigenvalue weighted by Gasteiger charge is -2.35. The van der Waals surface area contributed by atoms with Crippen LogP contribution in [0, 0.1) is 5.92 Å². The van der Waals surface area contributed by atoms with Crippen molar-refractivity contribution in [1.29, 1.82) is 0 Å². The van der Waals surface area contributed by atoms with Gasteiger partial charge in [0.05, 0.1) is 0 Å². The van der Waals surface area contributed by atoms with Crippen molar-refractivity contribution >= 4 is 5.91 Å². The molecule has 1 N–H and O–H groups in total. The van der Waals surface area contributed by atoms with Crippen LogP contribution in [0.4, 0.5) is 0 Å². The van der Waals surface area contributed by atoms with Gasteiger partial charge in [-0.05, 0) is 25.8 Å². The summed E-state index contributed by atoms with van der Waals surface area (Å²) in [6.07, 6.45) is 4.69. The third-order valence-corrected chi connectivity index (χ3v) is 3.25. The van der Waals surface area contributed by atoms with Crippen LogP contribution >= 0.6 is 0 Å². The SMILES string of the molecule is CN(CC1CCN1)C(=O)C1CCC1. The molecule has 0 aromatic rings. The van der Waals surface area contributed by atoms with Gasteiger partial charge < -0.3 is 10.2 Å². The van der Waals surface area contributed by atoms with Crippen LogP contribution in [0.25, 0.3) is 0 Å². The highest BCUT2D eigenvalue weighted by molar-refractivity contribution is 5.79. The molecule has 13 heavy (non-hydrogen) atoms. The van der Waals surface area contributed by atoms with E-state index in [1.165, 1.54) is 12.8 Å². The predicted molar refractivity (Wildman–Crippen MR) is 51.4 cm³/mol. The standard InChI is InChI=1S/C10H18N2O/c1-12(7-9-5-6-11-9)10(13)8-3-2-4-8/h8-9,11H,2-7H2,1H3. The van der Waals surface area contributed by atoms with Gasteiger partial charge in [-0.2, -0.15) is 0 Å². The Labute approximate surface area is 79.5 Å². The van der Waals surface area contributed by atoms with Gasteiger partial charge in [0.25, 0.3) is 0 Å². The van der Waals surface area contributed by atoms with E-state index in [0.717, 1.165) is 25.9 Å². The maximum absolute atomic E-state index is 11.7. The zero-order valence-electron chi connectivity index (χ0n) is 8.25. The Morgan fingerprint density at radius 1 is 1.46 bits per heavy atom.